The van der Waals surface area contributed by atoms with Gasteiger partial charge in [0.2, 0.25) is 0 Å². The Morgan fingerprint density at radius 2 is 1.70 bits per heavy atom. The van der Waals surface area contributed by atoms with Crippen molar-refractivity contribution >= 4 is 40.2 Å². The molecule has 0 radical (unpaired) electrons. The molecule has 214 valence electrons. The summed E-state index contributed by atoms with van der Waals surface area (Å²) in [5.74, 6) is 0.688. The molecule has 0 spiro atoms. The van der Waals surface area contributed by atoms with Gasteiger partial charge in [0.05, 0.1) is 29.3 Å². The average Bonchev–Trinajstić information content (AvgIpc) is 3.34. The number of alkyl halides is 3. The number of hydrogen-bond donors (Lipinski definition) is 3. The van der Waals surface area contributed by atoms with Crippen LogP contribution in [0.5, 0.6) is 0 Å². The molecule has 40 heavy (non-hydrogen) atoms. The molecular formula is C28H33F3N6O3. The predicted octanol–water partition coefficient (Wildman–Crippen LogP) is 5.47. The number of nitrogens with one attached hydrogen (secondary N) is 3. The Labute approximate surface area is 230 Å². The molecule has 0 unspecified atom stereocenters. The van der Waals surface area contributed by atoms with Crippen LogP contribution in [0, 0.1) is 5.41 Å². The fourth-order valence-corrected chi connectivity index (χ4v) is 5.66. The first-order chi connectivity index (χ1) is 19.1. The molecule has 1 saturated carbocycles. The lowest BCUT2D eigenvalue weighted by molar-refractivity contribution is -0.154. The van der Waals surface area contributed by atoms with Gasteiger partial charge < -0.3 is 25.3 Å². The first-order valence-electron chi connectivity index (χ1n) is 13.4. The zero-order valence-corrected chi connectivity index (χ0v) is 22.5. The van der Waals surface area contributed by atoms with Crippen LogP contribution < -0.4 is 15.5 Å². The Bertz CT molecular complexity index is 1360. The molecule has 0 atom stereocenters. The lowest BCUT2D eigenvalue weighted by Crippen LogP contribution is -2.52. The molecule has 2 fully saturated rings. The normalized spacial score (nSPS) is 22.2. The van der Waals surface area contributed by atoms with Crippen molar-refractivity contribution in [2.24, 2.45) is 5.41 Å². The molecule has 0 bridgehead atoms. The lowest BCUT2D eigenvalue weighted by Gasteiger charge is -2.44. The third-order valence-corrected chi connectivity index (χ3v) is 8.12. The highest BCUT2D eigenvalue weighted by Gasteiger charge is 2.40. The number of carbonyl (C=O) groups excluding carboxylic acids is 2. The maximum absolute atomic E-state index is 12.8. The van der Waals surface area contributed by atoms with Crippen LogP contribution in [0.2, 0.25) is 0 Å². The van der Waals surface area contributed by atoms with Crippen molar-refractivity contribution < 1.29 is 27.5 Å². The van der Waals surface area contributed by atoms with Crippen molar-refractivity contribution in [3.05, 3.63) is 48.2 Å². The van der Waals surface area contributed by atoms with Gasteiger partial charge in [-0.05, 0) is 69.0 Å². The number of anilines is 3. The number of carbonyl (C=O) groups is 2. The third-order valence-electron chi connectivity index (χ3n) is 8.12. The van der Waals surface area contributed by atoms with Gasteiger partial charge in [-0.15, -0.1) is 0 Å². The number of pyridine rings is 1. The molecule has 3 N–H and O–H groups in total. The first-order valence-corrected chi connectivity index (χ1v) is 13.4. The summed E-state index contributed by atoms with van der Waals surface area (Å²) in [7, 11) is 1.45. The largest absolute Gasteiger partial charge is 0.469 e. The van der Waals surface area contributed by atoms with Gasteiger partial charge in [0.15, 0.2) is 0 Å². The molecule has 9 nitrogen and oxygen atoms in total. The maximum Gasteiger partial charge on any atom is 0.416 e. The summed E-state index contributed by atoms with van der Waals surface area (Å²) in [4.78, 5) is 37.3. The van der Waals surface area contributed by atoms with Crippen LogP contribution in [0.4, 0.5) is 35.2 Å². The van der Waals surface area contributed by atoms with Gasteiger partial charge in [0.1, 0.15) is 11.3 Å². The molecule has 3 aromatic rings. The minimum absolute atomic E-state index is 0.118. The number of nitrogens with zero attached hydrogens (tertiary/aromatic N) is 3. The van der Waals surface area contributed by atoms with Crippen molar-refractivity contribution in [3.8, 4) is 0 Å². The van der Waals surface area contributed by atoms with E-state index in [9.17, 15) is 22.8 Å². The highest BCUT2D eigenvalue weighted by molar-refractivity contribution is 6.05. The number of piperazine rings is 1. The van der Waals surface area contributed by atoms with Gasteiger partial charge in [-0.2, -0.15) is 13.2 Å². The molecule has 3 heterocycles. The fourth-order valence-electron chi connectivity index (χ4n) is 5.66. The minimum Gasteiger partial charge on any atom is -0.469 e. The number of fused-ring (bicyclic) bond motifs is 1. The van der Waals surface area contributed by atoms with Gasteiger partial charge in [-0.1, -0.05) is 0 Å². The molecular weight excluding hydrogens is 525 g/mol. The molecule has 2 aromatic heterocycles. The summed E-state index contributed by atoms with van der Waals surface area (Å²) in [5.41, 5.74) is 0.886. The molecule has 1 aliphatic heterocycles. The van der Waals surface area contributed by atoms with Crippen LogP contribution in [0.15, 0.2) is 42.6 Å². The van der Waals surface area contributed by atoms with Gasteiger partial charge in [0.25, 0.3) is 0 Å². The number of urea groups is 1. The summed E-state index contributed by atoms with van der Waals surface area (Å²) in [5, 5.41) is 5.28. The topological polar surface area (TPSA) is 103 Å². The van der Waals surface area contributed by atoms with E-state index in [0.29, 0.717) is 17.2 Å². The Morgan fingerprint density at radius 3 is 2.33 bits per heavy atom. The monoisotopic (exact) mass is 558 g/mol. The van der Waals surface area contributed by atoms with Crippen LogP contribution >= 0.6 is 0 Å². The second kappa shape index (κ2) is 11.0. The van der Waals surface area contributed by atoms with Gasteiger partial charge in [-0.3, -0.25) is 9.69 Å². The van der Waals surface area contributed by atoms with Crippen molar-refractivity contribution in [2.75, 3.05) is 48.8 Å². The van der Waals surface area contributed by atoms with Crippen LogP contribution in [0.1, 0.15) is 38.2 Å². The number of methoxy groups -OCH3 is 1. The van der Waals surface area contributed by atoms with Crippen LogP contribution in [-0.2, 0) is 15.7 Å². The van der Waals surface area contributed by atoms with Crippen LogP contribution in [-0.4, -0.2) is 66.2 Å². The molecule has 2 aliphatic rings. The van der Waals surface area contributed by atoms with Crippen molar-refractivity contribution in [1.29, 1.82) is 0 Å². The molecule has 12 heteroatoms. The number of halogens is 3. The SMILES string of the molecule is COC(=O)C1(C)CCC(N2CCN(c3ccc4[nH]cc(NC(=O)Nc5ccc(C(F)(F)F)cc5)c4n3)CC2)CC1. The number of aromatic nitrogens is 2. The highest BCUT2D eigenvalue weighted by atomic mass is 19.4. The Kier molecular flexibility index (Phi) is 7.63. The number of ether oxygens (including phenoxy) is 1. The third kappa shape index (κ3) is 5.86. The average molecular weight is 559 g/mol. The van der Waals surface area contributed by atoms with E-state index >= 15 is 0 Å². The van der Waals surface area contributed by atoms with E-state index < -0.39 is 17.8 Å². The molecule has 1 aliphatic carbocycles. The highest BCUT2D eigenvalue weighted by Crippen LogP contribution is 2.39. The van der Waals surface area contributed by atoms with E-state index in [1.54, 1.807) is 6.20 Å². The number of aromatic amines is 1. The number of rotatable bonds is 5. The summed E-state index contributed by atoms with van der Waals surface area (Å²) in [6.07, 6.45) is 0.809. The molecule has 1 aromatic carbocycles. The predicted molar refractivity (Wildman–Crippen MR) is 146 cm³/mol. The minimum atomic E-state index is -4.44. The van der Waals surface area contributed by atoms with Crippen molar-refractivity contribution in [1.82, 2.24) is 14.9 Å². The second-order valence-electron chi connectivity index (χ2n) is 10.7. The first kappa shape index (κ1) is 27.8. The quantitative estimate of drug-likeness (QED) is 0.359. The van der Waals surface area contributed by atoms with E-state index in [0.717, 1.165) is 75.3 Å². The smallest absolute Gasteiger partial charge is 0.416 e. The Hall–Kier alpha value is -3.80. The second-order valence-corrected chi connectivity index (χ2v) is 10.7. The number of benzene rings is 1. The van der Waals surface area contributed by atoms with E-state index in [-0.39, 0.29) is 17.1 Å². The van der Waals surface area contributed by atoms with E-state index in [1.165, 1.54) is 19.2 Å². The number of hydrogen-bond acceptors (Lipinski definition) is 6. The van der Waals surface area contributed by atoms with Crippen LogP contribution in [0.25, 0.3) is 11.0 Å². The van der Waals surface area contributed by atoms with E-state index in [2.05, 4.69) is 25.4 Å². The Balaban J connectivity index is 1.18. The molecule has 5 rings (SSSR count). The number of H-pyrrole nitrogens is 1. The van der Waals surface area contributed by atoms with Crippen molar-refractivity contribution in [3.63, 3.8) is 0 Å². The fraction of sp³-hybridized carbons (Fsp3) is 0.464. The summed E-state index contributed by atoms with van der Waals surface area (Å²) >= 11 is 0. The lowest BCUT2D eigenvalue weighted by atomic mass is 9.73. The zero-order valence-electron chi connectivity index (χ0n) is 22.5. The molecule has 1 saturated heterocycles. The summed E-state index contributed by atoms with van der Waals surface area (Å²) in [6, 6.07) is 7.99. The maximum atomic E-state index is 12.8. The van der Waals surface area contributed by atoms with E-state index in [4.69, 9.17) is 9.72 Å². The number of amides is 2. The zero-order chi connectivity index (χ0) is 28.5. The number of esters is 1. The summed E-state index contributed by atoms with van der Waals surface area (Å²) < 4.78 is 43.4. The Morgan fingerprint density at radius 1 is 1.02 bits per heavy atom. The summed E-state index contributed by atoms with van der Waals surface area (Å²) in [6.45, 7) is 5.41. The van der Waals surface area contributed by atoms with Crippen molar-refractivity contribution in [2.45, 2.75) is 44.8 Å². The van der Waals surface area contributed by atoms with Crippen LogP contribution in [0.3, 0.4) is 0 Å². The standard InChI is InChI=1S/C28H33F3N6O3/c1-27(25(38)40-2)11-9-20(10-12-27)36-13-15-37(16-14-36)23-8-7-21-24(35-23)22(17-32-21)34-26(39)33-19-5-3-18(4-6-19)28(29,30)31/h3-8,17,20,32H,9-16H2,1-2H3,(H2,33,34,39). The van der Waals surface area contributed by atoms with Gasteiger partial charge in [0, 0.05) is 44.1 Å². The van der Waals surface area contributed by atoms with E-state index in [1.807, 2.05) is 19.1 Å². The van der Waals surface area contributed by atoms with Gasteiger partial charge in [-0.25, -0.2) is 9.78 Å². The van der Waals surface area contributed by atoms with Gasteiger partial charge >= 0.3 is 18.2 Å². The molecule has 2 amide bonds.